The molecule has 2 aliphatic heterocycles. The number of carbonyl (C=O) groups excluding carboxylic acids is 2. The average Bonchev–Trinajstić information content (AvgIpc) is 3.22. The van der Waals surface area contributed by atoms with Crippen molar-refractivity contribution in [3.8, 4) is 0 Å². The fourth-order valence-electron chi connectivity index (χ4n) is 4.72. The minimum Gasteiger partial charge on any atom is -0.395 e. The third-order valence-electron chi connectivity index (χ3n) is 6.26. The van der Waals surface area contributed by atoms with E-state index in [1.54, 1.807) is 4.90 Å². The normalized spacial score (nSPS) is 23.0. The molecule has 2 saturated heterocycles. The van der Waals surface area contributed by atoms with Gasteiger partial charge in [-0.15, -0.1) is 0 Å². The quantitative estimate of drug-likeness (QED) is 0.899. The molecule has 0 aliphatic carbocycles. The van der Waals surface area contributed by atoms with Crippen LogP contribution in [-0.2, 0) is 11.8 Å². The number of benzene rings is 1. The summed E-state index contributed by atoms with van der Waals surface area (Å²) in [4.78, 5) is 29.8. The van der Waals surface area contributed by atoms with Gasteiger partial charge in [0.15, 0.2) is 0 Å². The first-order valence-corrected chi connectivity index (χ1v) is 9.71. The molecule has 1 N–H and O–H groups in total. The maximum Gasteiger partial charge on any atom is 0.270 e. The standard InChI is InChI=1S/C21H27N3O3/c1-15-4-5-16-13-18(22(2)17(16)12-15)19(26)24-9-7-21(14-24)6-3-8-23(10-11-25)20(21)27/h4-5,12-13,25H,3,6-11,14H2,1-2H3/t21-/m1/s1. The first-order valence-electron chi connectivity index (χ1n) is 9.71. The molecule has 1 aromatic carbocycles. The zero-order chi connectivity index (χ0) is 19.2. The number of aliphatic hydroxyl groups excluding tert-OH is 1. The summed E-state index contributed by atoms with van der Waals surface area (Å²) in [5, 5.41) is 10.3. The van der Waals surface area contributed by atoms with Crippen molar-refractivity contribution in [3.63, 3.8) is 0 Å². The van der Waals surface area contributed by atoms with Gasteiger partial charge >= 0.3 is 0 Å². The van der Waals surface area contributed by atoms with Gasteiger partial charge in [0, 0.05) is 44.1 Å². The highest BCUT2D eigenvalue weighted by Crippen LogP contribution is 2.40. The number of aliphatic hydroxyl groups is 1. The Morgan fingerprint density at radius 2 is 2.04 bits per heavy atom. The lowest BCUT2D eigenvalue weighted by molar-refractivity contribution is -0.146. The summed E-state index contributed by atoms with van der Waals surface area (Å²) < 4.78 is 1.95. The molecule has 1 atom stereocenters. The van der Waals surface area contributed by atoms with Crippen LogP contribution in [0.5, 0.6) is 0 Å². The van der Waals surface area contributed by atoms with E-state index in [0.29, 0.717) is 38.3 Å². The maximum atomic E-state index is 13.2. The van der Waals surface area contributed by atoms with Crippen LogP contribution in [0.3, 0.4) is 0 Å². The van der Waals surface area contributed by atoms with Gasteiger partial charge in [0.25, 0.3) is 5.91 Å². The third kappa shape index (κ3) is 2.92. The average molecular weight is 369 g/mol. The minimum atomic E-state index is -0.468. The number of aryl methyl sites for hydroxylation is 2. The van der Waals surface area contributed by atoms with E-state index >= 15 is 0 Å². The van der Waals surface area contributed by atoms with Crippen molar-refractivity contribution in [2.45, 2.75) is 26.2 Å². The molecule has 0 saturated carbocycles. The van der Waals surface area contributed by atoms with E-state index in [0.717, 1.165) is 23.7 Å². The Balaban J connectivity index is 1.58. The molecule has 2 fully saturated rings. The topological polar surface area (TPSA) is 65.8 Å². The molecule has 6 heteroatoms. The molecule has 27 heavy (non-hydrogen) atoms. The van der Waals surface area contributed by atoms with Gasteiger partial charge in [-0.05, 0) is 43.9 Å². The Morgan fingerprint density at radius 1 is 1.22 bits per heavy atom. The van der Waals surface area contributed by atoms with Crippen molar-refractivity contribution in [2.24, 2.45) is 12.5 Å². The summed E-state index contributed by atoms with van der Waals surface area (Å²) in [6.45, 7) is 4.21. The summed E-state index contributed by atoms with van der Waals surface area (Å²) >= 11 is 0. The van der Waals surface area contributed by atoms with E-state index in [9.17, 15) is 14.7 Å². The second-order valence-electron chi connectivity index (χ2n) is 8.03. The van der Waals surface area contributed by atoms with E-state index in [1.807, 2.05) is 35.6 Å². The van der Waals surface area contributed by atoms with Gasteiger partial charge in [-0.1, -0.05) is 12.1 Å². The highest BCUT2D eigenvalue weighted by molar-refractivity contribution is 5.99. The number of rotatable bonds is 3. The molecule has 0 unspecified atom stereocenters. The van der Waals surface area contributed by atoms with Crippen LogP contribution in [0.15, 0.2) is 24.3 Å². The van der Waals surface area contributed by atoms with Gasteiger partial charge in [-0.3, -0.25) is 9.59 Å². The van der Waals surface area contributed by atoms with Crippen molar-refractivity contribution in [2.75, 3.05) is 32.8 Å². The number of likely N-dealkylation sites (tertiary alicyclic amines) is 2. The summed E-state index contributed by atoms with van der Waals surface area (Å²) in [5.41, 5.74) is 2.42. The number of aromatic nitrogens is 1. The van der Waals surface area contributed by atoms with Crippen LogP contribution >= 0.6 is 0 Å². The molecule has 2 aliphatic rings. The van der Waals surface area contributed by atoms with E-state index in [-0.39, 0.29) is 18.4 Å². The van der Waals surface area contributed by atoms with E-state index in [2.05, 4.69) is 12.1 Å². The van der Waals surface area contributed by atoms with Crippen LogP contribution in [0.25, 0.3) is 10.9 Å². The summed E-state index contributed by atoms with van der Waals surface area (Å²) in [5.74, 6) is 0.0982. The summed E-state index contributed by atoms with van der Waals surface area (Å²) in [6, 6.07) is 8.14. The monoisotopic (exact) mass is 369 g/mol. The van der Waals surface area contributed by atoms with Crippen molar-refractivity contribution in [1.82, 2.24) is 14.4 Å². The lowest BCUT2D eigenvalue weighted by Crippen LogP contribution is -2.51. The van der Waals surface area contributed by atoms with Crippen LogP contribution in [0.1, 0.15) is 35.3 Å². The number of piperidine rings is 1. The first kappa shape index (κ1) is 18.0. The van der Waals surface area contributed by atoms with Gasteiger partial charge in [-0.25, -0.2) is 0 Å². The number of amides is 2. The van der Waals surface area contributed by atoms with Crippen LogP contribution in [0, 0.1) is 12.3 Å². The van der Waals surface area contributed by atoms with Crippen LogP contribution < -0.4 is 0 Å². The van der Waals surface area contributed by atoms with Crippen molar-refractivity contribution in [1.29, 1.82) is 0 Å². The lowest BCUT2D eigenvalue weighted by Gasteiger charge is -2.39. The third-order valence-corrected chi connectivity index (χ3v) is 6.26. The summed E-state index contributed by atoms with van der Waals surface area (Å²) in [6.07, 6.45) is 2.47. The number of carbonyl (C=O) groups is 2. The largest absolute Gasteiger partial charge is 0.395 e. The van der Waals surface area contributed by atoms with E-state index in [1.165, 1.54) is 5.56 Å². The number of fused-ring (bicyclic) bond motifs is 1. The fraction of sp³-hybridized carbons (Fsp3) is 0.524. The minimum absolute atomic E-state index is 0.00434. The number of hydrogen-bond donors (Lipinski definition) is 1. The Labute approximate surface area is 159 Å². The number of nitrogens with zero attached hydrogens (tertiary/aromatic N) is 3. The lowest BCUT2D eigenvalue weighted by atomic mass is 9.78. The van der Waals surface area contributed by atoms with Crippen LogP contribution in [0.2, 0.25) is 0 Å². The number of β-amino-alcohol motifs (C(OH)–C–C–N with tert-alkyl or cyclic N) is 1. The SMILES string of the molecule is Cc1ccc2cc(C(=O)N3CC[C@]4(CCCN(CCO)C4=O)C3)n(C)c2c1. The fourth-order valence-corrected chi connectivity index (χ4v) is 4.72. The Morgan fingerprint density at radius 3 is 2.81 bits per heavy atom. The molecular weight excluding hydrogens is 342 g/mol. The second kappa shape index (κ2) is 6.68. The molecule has 6 nitrogen and oxygen atoms in total. The molecule has 144 valence electrons. The van der Waals surface area contributed by atoms with Crippen molar-refractivity contribution >= 4 is 22.7 Å². The molecule has 3 heterocycles. The van der Waals surface area contributed by atoms with Gasteiger partial charge in [0.1, 0.15) is 5.69 Å². The smallest absolute Gasteiger partial charge is 0.270 e. The summed E-state index contributed by atoms with van der Waals surface area (Å²) in [7, 11) is 1.93. The van der Waals surface area contributed by atoms with Gasteiger partial charge in [0.05, 0.1) is 12.0 Å². The van der Waals surface area contributed by atoms with Gasteiger partial charge in [0.2, 0.25) is 5.91 Å². The van der Waals surface area contributed by atoms with E-state index in [4.69, 9.17) is 0 Å². The molecule has 4 rings (SSSR count). The molecule has 0 radical (unpaired) electrons. The molecular formula is C21H27N3O3. The van der Waals surface area contributed by atoms with Gasteiger partial charge in [-0.2, -0.15) is 0 Å². The van der Waals surface area contributed by atoms with Crippen LogP contribution in [0.4, 0.5) is 0 Å². The molecule has 2 aromatic rings. The van der Waals surface area contributed by atoms with Crippen molar-refractivity contribution in [3.05, 3.63) is 35.5 Å². The predicted octanol–water partition coefficient (Wildman–Crippen LogP) is 1.93. The molecule has 2 amide bonds. The highest BCUT2D eigenvalue weighted by atomic mass is 16.3. The number of hydrogen-bond acceptors (Lipinski definition) is 3. The molecule has 1 aromatic heterocycles. The molecule has 0 bridgehead atoms. The van der Waals surface area contributed by atoms with E-state index < -0.39 is 5.41 Å². The Bertz CT molecular complexity index is 901. The van der Waals surface area contributed by atoms with Crippen LogP contribution in [-0.4, -0.2) is 64.1 Å². The Hall–Kier alpha value is -2.34. The molecule has 1 spiro atoms. The van der Waals surface area contributed by atoms with Crippen molar-refractivity contribution < 1.29 is 14.7 Å². The van der Waals surface area contributed by atoms with Gasteiger partial charge < -0.3 is 19.5 Å². The predicted molar refractivity (Wildman–Crippen MR) is 104 cm³/mol. The highest BCUT2D eigenvalue weighted by Gasteiger charge is 2.49. The maximum absolute atomic E-state index is 13.2. The second-order valence-corrected chi connectivity index (χ2v) is 8.03. The zero-order valence-electron chi connectivity index (χ0n) is 16.1. The zero-order valence-corrected chi connectivity index (χ0v) is 16.1. The first-order chi connectivity index (χ1) is 12.9. The Kier molecular flexibility index (Phi) is 4.46.